The van der Waals surface area contributed by atoms with Gasteiger partial charge in [0, 0.05) is 6.54 Å². The van der Waals surface area contributed by atoms with Crippen molar-refractivity contribution in [2.24, 2.45) is 0 Å². The molecule has 2 rings (SSSR count). The van der Waals surface area contributed by atoms with Crippen LogP contribution in [0.25, 0.3) is 0 Å². The fourth-order valence-electron chi connectivity index (χ4n) is 1.61. The Labute approximate surface area is 107 Å². The Morgan fingerprint density at radius 2 is 1.72 bits per heavy atom. The molecule has 0 saturated heterocycles. The van der Waals surface area contributed by atoms with Crippen LogP contribution in [0.3, 0.4) is 0 Å². The van der Waals surface area contributed by atoms with Gasteiger partial charge in [0.2, 0.25) is 0 Å². The Morgan fingerprint density at radius 1 is 1.00 bits per heavy atom. The highest BCUT2D eigenvalue weighted by Gasteiger charge is 1.99. The Bertz CT molecular complexity index is 532. The molecule has 1 N–H and O–H groups in total. The van der Waals surface area contributed by atoms with Crippen LogP contribution < -0.4 is 10.1 Å². The van der Waals surface area contributed by atoms with Crippen molar-refractivity contribution in [3.63, 3.8) is 0 Å². The normalized spacial score (nSPS) is 9.50. The number of hydrogen-bond acceptors (Lipinski definition) is 3. The number of para-hydroxylation sites is 2. The molecule has 0 bridgehead atoms. The van der Waals surface area contributed by atoms with Gasteiger partial charge in [-0.25, -0.2) is 0 Å². The van der Waals surface area contributed by atoms with Crippen LogP contribution in [0.1, 0.15) is 5.56 Å². The molecule has 0 atom stereocenters. The summed E-state index contributed by atoms with van der Waals surface area (Å²) >= 11 is 0. The molecule has 2 aromatic rings. The SMILES string of the molecule is N#Cc1ccccc1NCCOc1ccccc1. The second-order valence-corrected chi connectivity index (χ2v) is 3.75. The van der Waals surface area contributed by atoms with Gasteiger partial charge >= 0.3 is 0 Å². The molecule has 0 spiro atoms. The Kier molecular flexibility index (Phi) is 4.21. The van der Waals surface area contributed by atoms with Gasteiger partial charge in [-0.05, 0) is 24.3 Å². The molecule has 0 aliphatic heterocycles. The first-order valence-electron chi connectivity index (χ1n) is 5.81. The fraction of sp³-hybridized carbons (Fsp3) is 0.133. The lowest BCUT2D eigenvalue weighted by molar-refractivity contribution is 0.333. The van der Waals surface area contributed by atoms with Crippen LogP contribution in [-0.4, -0.2) is 13.2 Å². The zero-order valence-corrected chi connectivity index (χ0v) is 9.97. The van der Waals surface area contributed by atoms with Crippen molar-refractivity contribution in [3.05, 3.63) is 60.2 Å². The van der Waals surface area contributed by atoms with E-state index in [0.29, 0.717) is 18.7 Å². The van der Waals surface area contributed by atoms with E-state index in [1.807, 2.05) is 48.5 Å². The van der Waals surface area contributed by atoms with Crippen LogP contribution in [0.5, 0.6) is 5.75 Å². The Balaban J connectivity index is 1.81. The van der Waals surface area contributed by atoms with Gasteiger partial charge in [0.1, 0.15) is 18.4 Å². The smallest absolute Gasteiger partial charge is 0.119 e. The van der Waals surface area contributed by atoms with Crippen LogP contribution in [0.15, 0.2) is 54.6 Å². The van der Waals surface area contributed by atoms with Crippen molar-refractivity contribution in [2.75, 3.05) is 18.5 Å². The molecule has 18 heavy (non-hydrogen) atoms. The molecule has 2 aromatic carbocycles. The van der Waals surface area contributed by atoms with Gasteiger partial charge in [0.05, 0.1) is 11.3 Å². The highest BCUT2D eigenvalue weighted by atomic mass is 16.5. The van der Waals surface area contributed by atoms with Gasteiger partial charge in [0.15, 0.2) is 0 Å². The number of hydrogen-bond donors (Lipinski definition) is 1. The summed E-state index contributed by atoms with van der Waals surface area (Å²) in [6.07, 6.45) is 0. The van der Waals surface area contributed by atoms with Crippen molar-refractivity contribution >= 4 is 5.69 Å². The van der Waals surface area contributed by atoms with E-state index in [1.54, 1.807) is 6.07 Å². The average molecular weight is 238 g/mol. The molecule has 0 radical (unpaired) electrons. The summed E-state index contributed by atoms with van der Waals surface area (Å²) in [6, 6.07) is 19.3. The largest absolute Gasteiger partial charge is 0.492 e. The summed E-state index contributed by atoms with van der Waals surface area (Å²) in [7, 11) is 0. The van der Waals surface area contributed by atoms with E-state index in [4.69, 9.17) is 10.00 Å². The van der Waals surface area contributed by atoms with Crippen molar-refractivity contribution in [1.29, 1.82) is 5.26 Å². The molecule has 3 heteroatoms. The van der Waals surface area contributed by atoms with Gasteiger partial charge in [-0.15, -0.1) is 0 Å². The molecule has 0 fully saturated rings. The highest BCUT2D eigenvalue weighted by molar-refractivity contribution is 5.57. The molecule has 0 aliphatic rings. The molecule has 90 valence electrons. The minimum Gasteiger partial charge on any atom is -0.492 e. The number of nitrogens with zero attached hydrogens (tertiary/aromatic N) is 1. The molecule has 0 amide bonds. The van der Waals surface area contributed by atoms with E-state index in [1.165, 1.54) is 0 Å². The van der Waals surface area contributed by atoms with Crippen LogP contribution in [0.4, 0.5) is 5.69 Å². The summed E-state index contributed by atoms with van der Waals surface area (Å²) in [5.41, 5.74) is 1.49. The van der Waals surface area contributed by atoms with Gasteiger partial charge in [0.25, 0.3) is 0 Å². The monoisotopic (exact) mass is 238 g/mol. The minimum atomic E-state index is 0.559. The Hall–Kier alpha value is -2.47. The maximum absolute atomic E-state index is 8.93. The van der Waals surface area contributed by atoms with Crippen LogP contribution in [0, 0.1) is 11.3 Å². The molecule has 3 nitrogen and oxygen atoms in total. The topological polar surface area (TPSA) is 45.0 Å². The molecule has 0 unspecified atom stereocenters. The lowest BCUT2D eigenvalue weighted by Crippen LogP contribution is -2.12. The lowest BCUT2D eigenvalue weighted by Gasteiger charge is -2.09. The van der Waals surface area contributed by atoms with E-state index in [-0.39, 0.29) is 0 Å². The first-order chi connectivity index (χ1) is 8.90. The first-order valence-corrected chi connectivity index (χ1v) is 5.81. The van der Waals surface area contributed by atoms with Crippen LogP contribution in [0.2, 0.25) is 0 Å². The third-order valence-corrected chi connectivity index (χ3v) is 2.48. The predicted octanol–water partition coefficient (Wildman–Crippen LogP) is 3.05. The molecule has 0 aliphatic carbocycles. The third kappa shape index (κ3) is 3.26. The van der Waals surface area contributed by atoms with Gasteiger partial charge < -0.3 is 10.1 Å². The lowest BCUT2D eigenvalue weighted by atomic mass is 10.2. The standard InChI is InChI=1S/C15H14N2O/c16-12-13-6-4-5-9-15(13)17-10-11-18-14-7-2-1-3-8-14/h1-9,17H,10-11H2. The van der Waals surface area contributed by atoms with E-state index < -0.39 is 0 Å². The summed E-state index contributed by atoms with van der Waals surface area (Å²) in [6.45, 7) is 1.22. The van der Waals surface area contributed by atoms with E-state index >= 15 is 0 Å². The van der Waals surface area contributed by atoms with Gasteiger partial charge in [-0.3, -0.25) is 0 Å². The van der Waals surface area contributed by atoms with Crippen molar-refractivity contribution < 1.29 is 4.74 Å². The molecule has 0 saturated carbocycles. The zero-order chi connectivity index (χ0) is 12.6. The third-order valence-electron chi connectivity index (χ3n) is 2.48. The first kappa shape index (κ1) is 12.0. The number of anilines is 1. The second-order valence-electron chi connectivity index (χ2n) is 3.75. The van der Waals surface area contributed by atoms with E-state index in [2.05, 4.69) is 11.4 Å². The van der Waals surface area contributed by atoms with Crippen LogP contribution in [-0.2, 0) is 0 Å². The van der Waals surface area contributed by atoms with Crippen LogP contribution >= 0.6 is 0 Å². The highest BCUT2D eigenvalue weighted by Crippen LogP contribution is 2.13. The second kappa shape index (κ2) is 6.31. The fourth-order valence-corrected chi connectivity index (χ4v) is 1.61. The number of benzene rings is 2. The number of nitriles is 1. The van der Waals surface area contributed by atoms with Gasteiger partial charge in [-0.1, -0.05) is 30.3 Å². The zero-order valence-electron chi connectivity index (χ0n) is 9.97. The summed E-state index contributed by atoms with van der Waals surface area (Å²) < 4.78 is 5.56. The van der Waals surface area contributed by atoms with E-state index in [9.17, 15) is 0 Å². The number of rotatable bonds is 5. The number of ether oxygens (including phenoxy) is 1. The van der Waals surface area contributed by atoms with Crippen molar-refractivity contribution in [3.8, 4) is 11.8 Å². The maximum atomic E-state index is 8.93. The number of nitrogens with one attached hydrogen (secondary N) is 1. The maximum Gasteiger partial charge on any atom is 0.119 e. The quantitative estimate of drug-likeness (QED) is 0.814. The van der Waals surface area contributed by atoms with E-state index in [0.717, 1.165) is 11.4 Å². The summed E-state index contributed by atoms with van der Waals surface area (Å²) in [4.78, 5) is 0. The molecule has 0 aromatic heterocycles. The molecular formula is C15H14N2O. The molecule has 0 heterocycles. The van der Waals surface area contributed by atoms with Crippen molar-refractivity contribution in [2.45, 2.75) is 0 Å². The summed E-state index contributed by atoms with van der Waals surface area (Å²) in [5.74, 6) is 0.855. The average Bonchev–Trinajstić information content (AvgIpc) is 2.45. The Morgan fingerprint density at radius 3 is 2.50 bits per heavy atom. The predicted molar refractivity (Wildman–Crippen MR) is 71.6 cm³/mol. The van der Waals surface area contributed by atoms with Crippen molar-refractivity contribution in [1.82, 2.24) is 0 Å². The minimum absolute atomic E-state index is 0.559. The molecular weight excluding hydrogens is 224 g/mol. The summed E-state index contributed by atoms with van der Waals surface area (Å²) in [5, 5.41) is 12.1. The van der Waals surface area contributed by atoms with Gasteiger partial charge in [-0.2, -0.15) is 5.26 Å².